The average Bonchev–Trinajstić information content (AvgIpc) is 2.45. The van der Waals surface area contributed by atoms with Gasteiger partial charge in [0.15, 0.2) is 5.84 Å². The van der Waals surface area contributed by atoms with Crippen molar-refractivity contribution in [3.8, 4) is 0 Å². The number of rotatable bonds is 3. The Balaban J connectivity index is 2.00. The van der Waals surface area contributed by atoms with Crippen LogP contribution in [0.2, 0.25) is 0 Å². The molecule has 2 rings (SSSR count). The molecule has 0 amide bonds. The molecule has 2 atom stereocenters. The van der Waals surface area contributed by atoms with E-state index in [1.54, 1.807) is 0 Å². The highest BCUT2D eigenvalue weighted by molar-refractivity contribution is 5.84. The number of oxime groups is 1. The predicted octanol–water partition coefficient (Wildman–Crippen LogP) is 0.781. The lowest BCUT2D eigenvalue weighted by atomic mass is 9.83. The third-order valence-corrected chi connectivity index (χ3v) is 4.60. The van der Waals surface area contributed by atoms with Crippen LogP contribution < -0.4 is 5.73 Å². The summed E-state index contributed by atoms with van der Waals surface area (Å²) in [7, 11) is 2.03. The lowest BCUT2D eigenvalue weighted by Crippen LogP contribution is -2.54. The summed E-state index contributed by atoms with van der Waals surface area (Å²) in [5.41, 5.74) is 5.67. The maximum atomic E-state index is 8.79. The molecule has 0 bridgehead atoms. The first kappa shape index (κ1) is 14.6. The molecule has 3 N–H and O–H groups in total. The van der Waals surface area contributed by atoms with Gasteiger partial charge in [0.1, 0.15) is 0 Å². The van der Waals surface area contributed by atoms with E-state index in [2.05, 4.69) is 10.1 Å². The quantitative estimate of drug-likeness (QED) is 0.343. The van der Waals surface area contributed by atoms with E-state index in [1.165, 1.54) is 0 Å². The van der Waals surface area contributed by atoms with Crippen molar-refractivity contribution < 1.29 is 14.7 Å². The number of ether oxygens (including phenoxy) is 2. The Morgan fingerprint density at radius 2 is 2.11 bits per heavy atom. The van der Waals surface area contributed by atoms with Gasteiger partial charge in [0.25, 0.3) is 0 Å². The number of hydrogen-bond acceptors (Lipinski definition) is 5. The number of amidine groups is 1. The van der Waals surface area contributed by atoms with Gasteiger partial charge in [0, 0.05) is 25.9 Å². The molecule has 19 heavy (non-hydrogen) atoms. The molecule has 6 heteroatoms. The molecule has 2 unspecified atom stereocenters. The van der Waals surface area contributed by atoms with Gasteiger partial charge in [-0.15, -0.1) is 0 Å². The molecule has 1 spiro atoms. The van der Waals surface area contributed by atoms with Crippen molar-refractivity contribution in [1.82, 2.24) is 4.90 Å². The summed E-state index contributed by atoms with van der Waals surface area (Å²) in [6.07, 6.45) is 3.92. The molecule has 0 aromatic carbocycles. The standard InChI is InChI=1S/C13H25N3O3/c1-10(12(14)15-17)16(2)11-3-6-19-13(9-11)4-7-18-8-5-13/h10-11,17H,3-9H2,1-2H3,(H2,14,15). The maximum absolute atomic E-state index is 8.79. The van der Waals surface area contributed by atoms with Crippen molar-refractivity contribution in [2.24, 2.45) is 10.9 Å². The van der Waals surface area contributed by atoms with E-state index >= 15 is 0 Å². The van der Waals surface area contributed by atoms with E-state index in [4.69, 9.17) is 20.4 Å². The summed E-state index contributed by atoms with van der Waals surface area (Å²) in [5, 5.41) is 11.9. The van der Waals surface area contributed by atoms with Gasteiger partial charge in [-0.25, -0.2) is 0 Å². The second-order valence-electron chi connectivity index (χ2n) is 5.66. The van der Waals surface area contributed by atoms with Gasteiger partial charge in [-0.2, -0.15) is 0 Å². The normalized spacial score (nSPS) is 29.6. The minimum absolute atomic E-state index is 0.0275. The summed E-state index contributed by atoms with van der Waals surface area (Å²) in [5.74, 6) is 0.259. The first-order valence-corrected chi connectivity index (χ1v) is 6.99. The summed E-state index contributed by atoms with van der Waals surface area (Å²) >= 11 is 0. The second-order valence-corrected chi connectivity index (χ2v) is 5.66. The van der Waals surface area contributed by atoms with Crippen molar-refractivity contribution in [2.75, 3.05) is 26.9 Å². The first-order valence-electron chi connectivity index (χ1n) is 6.99. The van der Waals surface area contributed by atoms with E-state index in [0.29, 0.717) is 6.04 Å². The molecule has 0 aromatic heterocycles. The highest BCUT2D eigenvalue weighted by Gasteiger charge is 2.41. The van der Waals surface area contributed by atoms with Crippen molar-refractivity contribution in [3.63, 3.8) is 0 Å². The molecule has 0 aromatic rings. The zero-order valence-corrected chi connectivity index (χ0v) is 11.8. The summed E-state index contributed by atoms with van der Waals surface area (Å²) in [4.78, 5) is 2.19. The summed E-state index contributed by atoms with van der Waals surface area (Å²) in [6.45, 7) is 4.30. The van der Waals surface area contributed by atoms with E-state index in [-0.39, 0.29) is 17.5 Å². The maximum Gasteiger partial charge on any atom is 0.156 e. The molecular weight excluding hydrogens is 246 g/mol. The van der Waals surface area contributed by atoms with Crippen LogP contribution in [-0.4, -0.2) is 60.5 Å². The van der Waals surface area contributed by atoms with Crippen LogP contribution >= 0.6 is 0 Å². The lowest BCUT2D eigenvalue weighted by Gasteiger charge is -2.46. The van der Waals surface area contributed by atoms with Crippen LogP contribution in [0.25, 0.3) is 0 Å². The molecule has 6 nitrogen and oxygen atoms in total. The zero-order chi connectivity index (χ0) is 13.9. The third kappa shape index (κ3) is 3.19. The monoisotopic (exact) mass is 271 g/mol. The van der Waals surface area contributed by atoms with Gasteiger partial charge >= 0.3 is 0 Å². The molecule has 0 aliphatic carbocycles. The molecule has 0 saturated carbocycles. The minimum Gasteiger partial charge on any atom is -0.409 e. The van der Waals surface area contributed by atoms with Gasteiger partial charge in [-0.05, 0) is 39.7 Å². The van der Waals surface area contributed by atoms with Crippen LogP contribution in [0, 0.1) is 0 Å². The molecular formula is C13H25N3O3. The Morgan fingerprint density at radius 1 is 1.42 bits per heavy atom. The SMILES string of the molecule is CC(C(N)=NO)N(C)C1CCOC2(CCOCC2)C1. The molecule has 0 radical (unpaired) electrons. The zero-order valence-electron chi connectivity index (χ0n) is 11.8. The van der Waals surface area contributed by atoms with E-state index in [0.717, 1.165) is 45.5 Å². The average molecular weight is 271 g/mol. The van der Waals surface area contributed by atoms with Crippen LogP contribution in [-0.2, 0) is 9.47 Å². The Bertz CT molecular complexity index is 324. The van der Waals surface area contributed by atoms with Gasteiger partial charge < -0.3 is 20.4 Å². The fraction of sp³-hybridized carbons (Fsp3) is 0.923. The fourth-order valence-electron chi connectivity index (χ4n) is 3.05. The smallest absolute Gasteiger partial charge is 0.156 e. The summed E-state index contributed by atoms with van der Waals surface area (Å²) in [6, 6.07) is 0.340. The van der Waals surface area contributed by atoms with E-state index < -0.39 is 0 Å². The molecule has 110 valence electrons. The van der Waals surface area contributed by atoms with Crippen LogP contribution in [0.3, 0.4) is 0 Å². The summed E-state index contributed by atoms with van der Waals surface area (Å²) < 4.78 is 11.5. The number of likely N-dealkylation sites (N-methyl/N-ethyl adjacent to an activating group) is 1. The first-order chi connectivity index (χ1) is 9.08. The number of nitrogens with zero attached hydrogens (tertiary/aromatic N) is 2. The largest absolute Gasteiger partial charge is 0.409 e. The number of nitrogens with two attached hydrogens (primary N) is 1. The van der Waals surface area contributed by atoms with E-state index in [9.17, 15) is 0 Å². The van der Waals surface area contributed by atoms with Gasteiger partial charge in [-0.3, -0.25) is 4.90 Å². The Hall–Kier alpha value is -0.850. The van der Waals surface area contributed by atoms with Crippen LogP contribution in [0.15, 0.2) is 5.16 Å². The topological polar surface area (TPSA) is 80.3 Å². The Labute approximate surface area is 114 Å². The van der Waals surface area contributed by atoms with Crippen molar-refractivity contribution in [1.29, 1.82) is 0 Å². The van der Waals surface area contributed by atoms with Crippen LogP contribution in [0.1, 0.15) is 32.6 Å². The Kier molecular flexibility index (Phi) is 4.65. The Morgan fingerprint density at radius 3 is 2.74 bits per heavy atom. The minimum atomic E-state index is -0.0648. The highest BCUT2D eigenvalue weighted by atomic mass is 16.5. The number of hydrogen-bond donors (Lipinski definition) is 2. The van der Waals surface area contributed by atoms with E-state index in [1.807, 2.05) is 14.0 Å². The highest BCUT2D eigenvalue weighted by Crippen LogP contribution is 2.36. The molecule has 2 aliphatic heterocycles. The van der Waals surface area contributed by atoms with Gasteiger partial charge in [0.05, 0.1) is 11.6 Å². The second kappa shape index (κ2) is 6.07. The third-order valence-electron chi connectivity index (χ3n) is 4.60. The molecule has 2 fully saturated rings. The molecule has 2 heterocycles. The lowest BCUT2D eigenvalue weighted by molar-refractivity contribution is -0.150. The molecule has 2 saturated heterocycles. The van der Waals surface area contributed by atoms with Gasteiger partial charge in [0.2, 0.25) is 0 Å². The predicted molar refractivity (Wildman–Crippen MR) is 72.4 cm³/mol. The molecule has 2 aliphatic rings. The van der Waals surface area contributed by atoms with Crippen molar-refractivity contribution >= 4 is 5.84 Å². The fourth-order valence-corrected chi connectivity index (χ4v) is 3.05. The van der Waals surface area contributed by atoms with Crippen LogP contribution in [0.4, 0.5) is 0 Å². The van der Waals surface area contributed by atoms with Crippen molar-refractivity contribution in [3.05, 3.63) is 0 Å². The van der Waals surface area contributed by atoms with Crippen molar-refractivity contribution in [2.45, 2.75) is 50.3 Å². The van der Waals surface area contributed by atoms with Crippen LogP contribution in [0.5, 0.6) is 0 Å². The van der Waals surface area contributed by atoms with Gasteiger partial charge in [-0.1, -0.05) is 5.16 Å².